The largest absolute Gasteiger partial charge is 0.365 e. The number of hydrogen-bond donors (Lipinski definition) is 2. The quantitative estimate of drug-likeness (QED) is 0.130. The molecule has 0 saturated carbocycles. The number of rotatable bonds is 15. The van der Waals surface area contributed by atoms with Crippen LogP contribution in [0.4, 0.5) is 8.78 Å². The third-order valence-electron chi connectivity index (χ3n) is 9.17. The van der Waals surface area contributed by atoms with Crippen molar-refractivity contribution < 1.29 is 18.4 Å². The van der Waals surface area contributed by atoms with Crippen LogP contribution < -0.4 is 11.1 Å². The first-order valence-electron chi connectivity index (χ1n) is 16.9. The highest BCUT2D eigenvalue weighted by molar-refractivity contribution is 5.94. The van der Waals surface area contributed by atoms with Gasteiger partial charge in [0.1, 0.15) is 6.04 Å². The Bertz CT molecular complexity index is 1940. The van der Waals surface area contributed by atoms with Crippen molar-refractivity contribution in [1.82, 2.24) is 20.1 Å². The van der Waals surface area contributed by atoms with Gasteiger partial charge in [-0.2, -0.15) is 0 Å². The minimum Gasteiger partial charge on any atom is -0.365 e. The normalized spacial score (nSPS) is 12.1. The number of likely N-dealkylation sites (N-methyl/N-ethyl adjacent to an activating group) is 2. The summed E-state index contributed by atoms with van der Waals surface area (Å²) < 4.78 is 28.2. The predicted molar refractivity (Wildman–Crippen MR) is 198 cm³/mol. The molecule has 3 N–H and O–H groups in total. The molecule has 262 valence electrons. The second-order valence-corrected chi connectivity index (χ2v) is 12.6. The number of carbonyl (C=O) groups excluding carboxylic acids is 2. The Kier molecular flexibility index (Phi) is 12.4. The summed E-state index contributed by atoms with van der Waals surface area (Å²) in [6.07, 6.45) is 4.44. The lowest BCUT2D eigenvalue weighted by atomic mass is 9.96. The van der Waals surface area contributed by atoms with Gasteiger partial charge < -0.3 is 20.9 Å². The van der Waals surface area contributed by atoms with Crippen molar-refractivity contribution in [3.63, 3.8) is 0 Å². The summed E-state index contributed by atoms with van der Waals surface area (Å²) in [5, 5.41) is 3.01. The average Bonchev–Trinajstić information content (AvgIpc) is 3.17. The van der Waals surface area contributed by atoms with E-state index in [-0.39, 0.29) is 18.2 Å². The summed E-state index contributed by atoms with van der Waals surface area (Å²) in [6.45, 7) is 5.09. The Morgan fingerprint density at radius 1 is 0.725 bits per heavy atom. The summed E-state index contributed by atoms with van der Waals surface area (Å²) >= 11 is 0. The van der Waals surface area contributed by atoms with Crippen LogP contribution in [-0.4, -0.2) is 59.3 Å². The van der Waals surface area contributed by atoms with Gasteiger partial charge in [-0.25, -0.2) is 8.78 Å². The third kappa shape index (κ3) is 9.52. The van der Waals surface area contributed by atoms with Crippen LogP contribution in [0.3, 0.4) is 0 Å². The highest BCUT2D eigenvalue weighted by Gasteiger charge is 2.32. The molecule has 1 heterocycles. The smallest absolute Gasteiger partial charge is 0.254 e. The van der Waals surface area contributed by atoms with Gasteiger partial charge in [-0.15, -0.1) is 0 Å². The van der Waals surface area contributed by atoms with Gasteiger partial charge in [0, 0.05) is 57.3 Å². The van der Waals surface area contributed by atoms with Crippen molar-refractivity contribution in [3.05, 3.63) is 173 Å². The number of nitrogens with zero attached hydrogens (tertiary/aromatic N) is 3. The van der Waals surface area contributed by atoms with E-state index in [4.69, 9.17) is 5.73 Å². The van der Waals surface area contributed by atoms with Crippen LogP contribution in [0.1, 0.15) is 32.6 Å². The molecule has 7 nitrogen and oxygen atoms in total. The maximum absolute atomic E-state index is 14.3. The van der Waals surface area contributed by atoms with Crippen LogP contribution in [0.15, 0.2) is 134 Å². The zero-order chi connectivity index (χ0) is 36.3. The number of benzene rings is 4. The SMILES string of the molecule is C=C([C@@H](Cc1ccc(-c2ccccc2)cc1)N(C)C(=O)c1cccc(CN)c1)N(C)C(Cc1ccc(F)c(F)c1)C(=O)NCCc1ccncc1. The Morgan fingerprint density at radius 2 is 1.39 bits per heavy atom. The molecule has 9 heteroatoms. The van der Waals surface area contributed by atoms with Gasteiger partial charge in [-0.05, 0) is 82.6 Å². The van der Waals surface area contributed by atoms with E-state index in [2.05, 4.69) is 16.9 Å². The first-order chi connectivity index (χ1) is 24.6. The molecule has 0 fully saturated rings. The van der Waals surface area contributed by atoms with Gasteiger partial charge in [0.05, 0.1) is 6.04 Å². The molecule has 1 unspecified atom stereocenters. The minimum atomic E-state index is -0.993. The highest BCUT2D eigenvalue weighted by atomic mass is 19.2. The van der Waals surface area contributed by atoms with E-state index in [9.17, 15) is 18.4 Å². The Hall–Kier alpha value is -5.67. The lowest BCUT2D eigenvalue weighted by molar-refractivity contribution is -0.125. The number of amides is 2. The van der Waals surface area contributed by atoms with Gasteiger partial charge in [0.15, 0.2) is 11.6 Å². The van der Waals surface area contributed by atoms with Crippen molar-refractivity contribution in [2.24, 2.45) is 5.73 Å². The highest BCUT2D eigenvalue weighted by Crippen LogP contribution is 2.25. The van der Waals surface area contributed by atoms with E-state index in [1.165, 1.54) is 6.07 Å². The molecule has 0 spiro atoms. The van der Waals surface area contributed by atoms with Gasteiger partial charge in [0.2, 0.25) is 5.91 Å². The second kappa shape index (κ2) is 17.3. The summed E-state index contributed by atoms with van der Waals surface area (Å²) in [4.78, 5) is 35.4. The minimum absolute atomic E-state index is 0.0719. The molecular weight excluding hydrogens is 644 g/mol. The van der Waals surface area contributed by atoms with E-state index < -0.39 is 23.7 Å². The predicted octanol–water partition coefficient (Wildman–Crippen LogP) is 6.58. The number of pyridine rings is 1. The first-order valence-corrected chi connectivity index (χ1v) is 16.9. The summed E-state index contributed by atoms with van der Waals surface area (Å²) in [5.74, 6) is -2.50. The van der Waals surface area contributed by atoms with E-state index in [1.54, 1.807) is 54.5 Å². The monoisotopic (exact) mass is 687 g/mol. The standard InChI is InChI=1S/C42H43F2N5O2/c1-29(48(2)40(27-32-14-17-37(43)38(44)25-32)41(50)47-23-20-30-18-21-46-22-19-30)39(49(3)42(51)36-11-7-8-33(24-36)28-45)26-31-12-15-35(16-13-31)34-9-5-4-6-10-34/h4-19,21-22,24-25,39-40H,1,20,23,26-28,45H2,2-3H3,(H,47,50)/t39-,40?/m1/s1. The molecule has 5 aromatic rings. The first kappa shape index (κ1) is 36.6. The van der Waals surface area contributed by atoms with Crippen molar-refractivity contribution in [3.8, 4) is 11.1 Å². The fraction of sp³-hybridized carbons (Fsp3) is 0.214. The van der Waals surface area contributed by atoms with E-state index >= 15 is 0 Å². The van der Waals surface area contributed by atoms with Crippen LogP contribution in [0.2, 0.25) is 0 Å². The summed E-state index contributed by atoms with van der Waals surface area (Å²) in [7, 11) is 3.47. The van der Waals surface area contributed by atoms with Gasteiger partial charge >= 0.3 is 0 Å². The molecule has 51 heavy (non-hydrogen) atoms. The lowest BCUT2D eigenvalue weighted by Gasteiger charge is -2.38. The maximum atomic E-state index is 14.3. The molecule has 0 radical (unpaired) electrons. The molecule has 0 aliphatic rings. The van der Waals surface area contributed by atoms with E-state index in [1.807, 2.05) is 72.8 Å². The van der Waals surface area contributed by atoms with Crippen molar-refractivity contribution in [2.75, 3.05) is 20.6 Å². The molecule has 0 aliphatic carbocycles. The molecule has 0 bridgehead atoms. The number of nitrogens with one attached hydrogen (secondary N) is 1. The van der Waals surface area contributed by atoms with Crippen LogP contribution in [-0.2, 0) is 30.6 Å². The average molecular weight is 688 g/mol. The molecule has 1 aromatic heterocycles. The maximum Gasteiger partial charge on any atom is 0.254 e. The second-order valence-electron chi connectivity index (χ2n) is 12.6. The van der Waals surface area contributed by atoms with Gasteiger partial charge in [0.25, 0.3) is 5.91 Å². The Labute approximate surface area is 298 Å². The zero-order valence-electron chi connectivity index (χ0n) is 28.9. The van der Waals surface area contributed by atoms with Crippen LogP contribution in [0.25, 0.3) is 11.1 Å². The van der Waals surface area contributed by atoms with Crippen LogP contribution in [0.5, 0.6) is 0 Å². The Morgan fingerprint density at radius 3 is 2.08 bits per heavy atom. The van der Waals surface area contributed by atoms with Gasteiger partial charge in [-0.3, -0.25) is 14.6 Å². The number of halogens is 2. The number of carbonyl (C=O) groups is 2. The third-order valence-corrected chi connectivity index (χ3v) is 9.17. The molecule has 4 aromatic carbocycles. The van der Waals surface area contributed by atoms with E-state index in [0.29, 0.717) is 42.8 Å². The van der Waals surface area contributed by atoms with Crippen LogP contribution >= 0.6 is 0 Å². The van der Waals surface area contributed by atoms with Crippen molar-refractivity contribution >= 4 is 11.8 Å². The molecule has 2 amide bonds. The van der Waals surface area contributed by atoms with Crippen LogP contribution in [0, 0.1) is 11.6 Å². The van der Waals surface area contributed by atoms with E-state index in [0.717, 1.165) is 39.9 Å². The summed E-state index contributed by atoms with van der Waals surface area (Å²) in [6, 6.07) is 31.4. The molecule has 5 rings (SSSR count). The molecule has 2 atom stereocenters. The van der Waals surface area contributed by atoms with Crippen molar-refractivity contribution in [1.29, 1.82) is 0 Å². The lowest BCUT2D eigenvalue weighted by Crippen LogP contribution is -2.51. The van der Waals surface area contributed by atoms with Gasteiger partial charge in [-0.1, -0.05) is 79.4 Å². The molecule has 0 saturated heterocycles. The molecule has 0 aliphatic heterocycles. The van der Waals surface area contributed by atoms with Crippen molar-refractivity contribution in [2.45, 2.75) is 37.9 Å². The summed E-state index contributed by atoms with van der Waals surface area (Å²) in [5.41, 5.74) is 12.3. The number of nitrogens with two attached hydrogens (primary N) is 1. The molecular formula is C42H43F2N5O2. The fourth-order valence-corrected chi connectivity index (χ4v) is 6.07. The fourth-order valence-electron chi connectivity index (χ4n) is 6.07. The zero-order valence-corrected chi connectivity index (χ0v) is 28.9. The Balaban J connectivity index is 1.45. The topological polar surface area (TPSA) is 91.6 Å². The number of aromatic nitrogens is 1. The number of hydrogen-bond acceptors (Lipinski definition) is 5.